The zero-order chi connectivity index (χ0) is 15.8. The number of nitro groups is 1. The van der Waals surface area contributed by atoms with Crippen LogP contribution in [0.2, 0.25) is 0 Å². The summed E-state index contributed by atoms with van der Waals surface area (Å²) in [5.74, 6) is 1.75. The summed E-state index contributed by atoms with van der Waals surface area (Å²) in [5, 5.41) is 22.4. The van der Waals surface area contributed by atoms with Crippen LogP contribution in [-0.2, 0) is 5.54 Å². The maximum absolute atomic E-state index is 12.2. The Bertz CT molecular complexity index is 849. The second-order valence-corrected chi connectivity index (χ2v) is 7.44. The first-order valence-electron chi connectivity index (χ1n) is 8.04. The van der Waals surface area contributed by atoms with Gasteiger partial charge in [-0.1, -0.05) is 0 Å². The van der Waals surface area contributed by atoms with Crippen molar-refractivity contribution >= 4 is 11.6 Å². The molecule has 2 aromatic heterocycles. The van der Waals surface area contributed by atoms with Gasteiger partial charge in [-0.2, -0.15) is 9.61 Å². The predicted molar refractivity (Wildman–Crippen MR) is 77.8 cm³/mol. The van der Waals surface area contributed by atoms with E-state index in [1.165, 1.54) is 19.3 Å². The Kier molecular flexibility index (Phi) is 2.37. The van der Waals surface area contributed by atoms with Gasteiger partial charge in [-0.25, -0.2) is 0 Å². The fourth-order valence-electron chi connectivity index (χ4n) is 5.58. The van der Waals surface area contributed by atoms with Crippen molar-refractivity contribution in [1.82, 2.24) is 24.4 Å². The maximum Gasteiger partial charge on any atom is 0.458 e. The summed E-state index contributed by atoms with van der Waals surface area (Å²) < 4.78 is 2.99. The van der Waals surface area contributed by atoms with Crippen LogP contribution in [0.1, 0.15) is 38.5 Å². The van der Waals surface area contributed by atoms with E-state index in [1.807, 2.05) is 4.57 Å². The van der Waals surface area contributed by atoms with Crippen LogP contribution in [-0.4, -0.2) is 29.3 Å². The van der Waals surface area contributed by atoms with Crippen LogP contribution >= 0.6 is 0 Å². The van der Waals surface area contributed by atoms with Crippen molar-refractivity contribution in [2.75, 3.05) is 0 Å². The molecule has 4 aliphatic carbocycles. The van der Waals surface area contributed by atoms with Gasteiger partial charge in [0.05, 0.1) is 5.10 Å². The van der Waals surface area contributed by atoms with Crippen molar-refractivity contribution in [3.63, 3.8) is 0 Å². The van der Waals surface area contributed by atoms with Gasteiger partial charge in [0.25, 0.3) is 5.78 Å². The van der Waals surface area contributed by atoms with Crippen LogP contribution in [0.15, 0.2) is 11.1 Å². The first-order valence-corrected chi connectivity index (χ1v) is 8.04. The molecule has 4 bridgehead atoms. The highest BCUT2D eigenvalue weighted by Gasteiger charge is 2.52. The smallest absolute Gasteiger partial charge is 0.358 e. The van der Waals surface area contributed by atoms with Crippen LogP contribution in [0.5, 0.6) is 0 Å². The third-order valence-corrected chi connectivity index (χ3v) is 6.00. The third kappa shape index (κ3) is 1.67. The Morgan fingerprint density at radius 1 is 1.13 bits per heavy atom. The van der Waals surface area contributed by atoms with E-state index in [-0.39, 0.29) is 5.54 Å². The average molecular weight is 317 g/mol. The molecule has 0 atom stereocenters. The van der Waals surface area contributed by atoms with Crippen molar-refractivity contribution < 1.29 is 4.92 Å². The monoisotopic (exact) mass is 317 g/mol. The molecule has 0 aliphatic heterocycles. The zero-order valence-electron chi connectivity index (χ0n) is 12.5. The minimum atomic E-state index is -0.816. The summed E-state index contributed by atoms with van der Waals surface area (Å²) in [5.41, 5.74) is -0.864. The van der Waals surface area contributed by atoms with E-state index in [1.54, 1.807) is 6.33 Å². The molecule has 0 amide bonds. The molecule has 0 N–H and O–H groups in total. The Morgan fingerprint density at radius 2 is 1.74 bits per heavy atom. The number of hydrogen-bond donors (Lipinski definition) is 0. The summed E-state index contributed by atoms with van der Waals surface area (Å²) in [6.07, 6.45) is 8.78. The lowest BCUT2D eigenvalue weighted by Crippen LogP contribution is -2.51. The van der Waals surface area contributed by atoms with Crippen molar-refractivity contribution in [2.24, 2.45) is 17.8 Å². The molecular weight excluding hydrogens is 301 g/mol. The van der Waals surface area contributed by atoms with Gasteiger partial charge in [0.1, 0.15) is 6.33 Å². The van der Waals surface area contributed by atoms with Crippen LogP contribution in [0.3, 0.4) is 0 Å². The molecular formula is C14H16N6O3. The summed E-state index contributed by atoms with van der Waals surface area (Å²) in [6, 6.07) is 0. The maximum atomic E-state index is 12.2. The molecule has 2 aromatic rings. The summed E-state index contributed by atoms with van der Waals surface area (Å²) in [4.78, 5) is 22.2. The molecule has 6 rings (SSSR count). The number of rotatable bonds is 2. The molecule has 0 aromatic carbocycles. The largest absolute Gasteiger partial charge is 0.458 e. The second-order valence-electron chi connectivity index (χ2n) is 7.44. The minimum Gasteiger partial charge on any atom is -0.358 e. The fraction of sp³-hybridized carbons (Fsp3) is 0.714. The molecule has 4 aliphatic rings. The lowest BCUT2D eigenvalue weighted by molar-refractivity contribution is -0.391. The number of hydrogen-bond acceptors (Lipinski definition) is 6. The molecule has 0 spiro atoms. The molecule has 9 nitrogen and oxygen atoms in total. The van der Waals surface area contributed by atoms with Crippen LogP contribution in [0, 0.1) is 27.9 Å². The average Bonchev–Trinajstić information content (AvgIpc) is 2.91. The molecule has 9 heteroatoms. The number of fused-ring (bicyclic) bond motifs is 1. The summed E-state index contributed by atoms with van der Waals surface area (Å²) >= 11 is 0. The van der Waals surface area contributed by atoms with E-state index < -0.39 is 16.3 Å². The third-order valence-electron chi connectivity index (χ3n) is 6.00. The van der Waals surface area contributed by atoms with Gasteiger partial charge in [0, 0.05) is 10.6 Å². The standard InChI is InChI=1S/C14H16N6O3/c21-12-11(20(22)23)16-17-13-18(7-15-19(12)13)14-4-8-1-9(5-14)3-10(2-8)6-14/h7-10H,1-6H2/i15+1. The van der Waals surface area contributed by atoms with Gasteiger partial charge in [0.2, 0.25) is 0 Å². The van der Waals surface area contributed by atoms with Gasteiger partial charge < -0.3 is 10.1 Å². The summed E-state index contributed by atoms with van der Waals surface area (Å²) in [6.45, 7) is 0. The highest BCUT2D eigenvalue weighted by Crippen LogP contribution is 2.58. The van der Waals surface area contributed by atoms with Gasteiger partial charge in [-0.05, 0) is 61.2 Å². The Labute approximate surface area is 130 Å². The molecule has 0 unspecified atom stereocenters. The van der Waals surface area contributed by atoms with Crippen molar-refractivity contribution in [1.29, 1.82) is 0 Å². The lowest BCUT2D eigenvalue weighted by atomic mass is 9.53. The lowest BCUT2D eigenvalue weighted by Gasteiger charge is -2.56. The highest BCUT2D eigenvalue weighted by molar-refractivity contribution is 5.31. The van der Waals surface area contributed by atoms with Crippen molar-refractivity contribution in [3.8, 4) is 0 Å². The molecule has 2 heterocycles. The van der Waals surface area contributed by atoms with E-state index in [0.29, 0.717) is 5.78 Å². The normalized spacial score (nSPS) is 35.0. The van der Waals surface area contributed by atoms with Crippen LogP contribution in [0.25, 0.3) is 5.78 Å². The Hall–Kier alpha value is -2.32. The van der Waals surface area contributed by atoms with Crippen LogP contribution in [0.4, 0.5) is 5.82 Å². The number of nitrogens with zero attached hydrogens (tertiary/aromatic N) is 6. The molecule has 23 heavy (non-hydrogen) atoms. The van der Waals surface area contributed by atoms with Gasteiger partial charge in [-0.15, -0.1) is 0 Å². The molecule has 120 valence electrons. The van der Waals surface area contributed by atoms with Crippen molar-refractivity contribution in [2.45, 2.75) is 44.1 Å². The quantitative estimate of drug-likeness (QED) is 0.606. The SMILES string of the molecule is O=c1c([N+](=O)[O-])nnc2n(C34CC5CC(CC(C5)C3)C4)c[15n]n12. The predicted octanol–water partition coefficient (Wildman–Crippen LogP) is 1.12. The minimum absolute atomic E-state index is 0.0479. The molecule has 0 radical (unpaired) electrons. The van der Waals surface area contributed by atoms with Gasteiger partial charge in [-0.3, -0.25) is 9.36 Å². The van der Waals surface area contributed by atoms with Gasteiger partial charge in [0.15, 0.2) is 0 Å². The second kappa shape index (κ2) is 4.15. The Balaban J connectivity index is 1.68. The topological polar surface area (TPSA) is 108 Å². The first-order chi connectivity index (χ1) is 11.1. The summed E-state index contributed by atoms with van der Waals surface area (Å²) in [7, 11) is 0. The fourth-order valence-corrected chi connectivity index (χ4v) is 5.58. The van der Waals surface area contributed by atoms with E-state index >= 15 is 0 Å². The van der Waals surface area contributed by atoms with Crippen LogP contribution < -0.4 is 5.56 Å². The first kappa shape index (κ1) is 13.1. The number of aromatic nitrogens is 5. The van der Waals surface area contributed by atoms with E-state index in [0.717, 1.165) is 41.5 Å². The Morgan fingerprint density at radius 3 is 2.30 bits per heavy atom. The van der Waals surface area contributed by atoms with E-state index in [9.17, 15) is 14.9 Å². The van der Waals surface area contributed by atoms with Gasteiger partial charge >= 0.3 is 11.4 Å². The molecule has 4 fully saturated rings. The highest BCUT2D eigenvalue weighted by atomic mass is 16.6. The molecule has 4 saturated carbocycles. The van der Waals surface area contributed by atoms with E-state index in [4.69, 9.17) is 0 Å². The molecule has 0 saturated heterocycles. The van der Waals surface area contributed by atoms with Crippen molar-refractivity contribution in [3.05, 3.63) is 26.8 Å². The van der Waals surface area contributed by atoms with E-state index in [2.05, 4.69) is 15.3 Å². The zero-order valence-corrected chi connectivity index (χ0v) is 12.5.